The van der Waals surface area contributed by atoms with E-state index in [1.807, 2.05) is 30.3 Å². The lowest BCUT2D eigenvalue weighted by Gasteiger charge is -2.03. The first-order valence-corrected chi connectivity index (χ1v) is 6.31. The van der Waals surface area contributed by atoms with Gasteiger partial charge in [-0.25, -0.2) is 5.43 Å². The van der Waals surface area contributed by atoms with Crippen molar-refractivity contribution in [2.45, 2.75) is 13.3 Å². The van der Waals surface area contributed by atoms with Crippen LogP contribution in [0.2, 0.25) is 0 Å². The van der Waals surface area contributed by atoms with Gasteiger partial charge in [0.2, 0.25) is 5.91 Å². The largest absolute Gasteiger partial charge is 0.508 e. The van der Waals surface area contributed by atoms with Crippen LogP contribution in [-0.4, -0.2) is 16.7 Å². The van der Waals surface area contributed by atoms with Gasteiger partial charge in [-0.15, -0.1) is 0 Å². The van der Waals surface area contributed by atoms with Gasteiger partial charge in [-0.3, -0.25) is 4.79 Å². The number of hydrazone groups is 1. The normalized spacial score (nSPS) is 11.2. The Balaban J connectivity index is 1.95. The Morgan fingerprint density at radius 1 is 1.10 bits per heavy atom. The zero-order valence-corrected chi connectivity index (χ0v) is 11.2. The number of aromatic hydroxyl groups is 1. The number of hydrogen-bond donors (Lipinski definition) is 2. The zero-order valence-electron chi connectivity index (χ0n) is 11.2. The number of phenolic OH excluding ortho intramolecular Hbond substituents is 1. The van der Waals surface area contributed by atoms with Crippen molar-refractivity contribution in [2.75, 3.05) is 0 Å². The molecule has 2 N–H and O–H groups in total. The molecule has 0 aliphatic rings. The van der Waals surface area contributed by atoms with E-state index >= 15 is 0 Å². The van der Waals surface area contributed by atoms with Crippen LogP contribution in [0.1, 0.15) is 18.1 Å². The topological polar surface area (TPSA) is 61.7 Å². The molecule has 1 amide bonds. The molecule has 0 aromatic heterocycles. The Morgan fingerprint density at radius 3 is 2.40 bits per heavy atom. The fourth-order valence-electron chi connectivity index (χ4n) is 1.73. The number of nitrogens with one attached hydrogen (secondary N) is 1. The highest BCUT2D eigenvalue weighted by Gasteiger charge is 2.02. The van der Waals surface area contributed by atoms with Crippen LogP contribution in [0.25, 0.3) is 0 Å². The molecule has 2 aromatic rings. The van der Waals surface area contributed by atoms with Gasteiger partial charge in [0, 0.05) is 0 Å². The second kappa shape index (κ2) is 6.52. The lowest BCUT2D eigenvalue weighted by Crippen LogP contribution is -2.21. The molecule has 4 nitrogen and oxygen atoms in total. The molecule has 0 heterocycles. The van der Waals surface area contributed by atoms with E-state index < -0.39 is 0 Å². The van der Waals surface area contributed by atoms with E-state index in [-0.39, 0.29) is 11.7 Å². The van der Waals surface area contributed by atoms with Crippen LogP contribution in [0, 0.1) is 0 Å². The van der Waals surface area contributed by atoms with Crippen molar-refractivity contribution < 1.29 is 9.90 Å². The summed E-state index contributed by atoms with van der Waals surface area (Å²) >= 11 is 0. The molecule has 0 atom stereocenters. The molecular weight excluding hydrogens is 252 g/mol. The summed E-state index contributed by atoms with van der Waals surface area (Å²) in [5.74, 6) is 0.0454. The summed E-state index contributed by atoms with van der Waals surface area (Å²) in [5, 5.41) is 13.3. The highest BCUT2D eigenvalue weighted by Crippen LogP contribution is 2.10. The molecule has 102 valence electrons. The standard InChI is InChI=1S/C16H16N2O2/c1-12(14-7-9-15(19)10-8-14)17-18-16(20)11-13-5-3-2-4-6-13/h2-10,19H,11H2,1H3,(H,18,20). The first-order chi connectivity index (χ1) is 9.65. The molecule has 0 bridgehead atoms. The molecule has 0 radical (unpaired) electrons. The SMILES string of the molecule is CC(=NNC(=O)Cc1ccccc1)c1ccc(O)cc1. The van der Waals surface area contributed by atoms with Crippen LogP contribution >= 0.6 is 0 Å². The number of nitrogens with zero attached hydrogens (tertiary/aromatic N) is 1. The van der Waals surface area contributed by atoms with Crippen LogP contribution in [0.15, 0.2) is 59.7 Å². The van der Waals surface area contributed by atoms with Crippen LogP contribution in [0.3, 0.4) is 0 Å². The van der Waals surface area contributed by atoms with Gasteiger partial charge in [-0.2, -0.15) is 5.10 Å². The third-order valence-corrected chi connectivity index (χ3v) is 2.84. The summed E-state index contributed by atoms with van der Waals surface area (Å²) in [4.78, 5) is 11.7. The van der Waals surface area contributed by atoms with Gasteiger partial charge in [0.1, 0.15) is 5.75 Å². The van der Waals surface area contributed by atoms with E-state index in [9.17, 15) is 9.90 Å². The van der Waals surface area contributed by atoms with E-state index in [2.05, 4.69) is 10.5 Å². The minimum absolute atomic E-state index is 0.158. The maximum Gasteiger partial charge on any atom is 0.244 e. The Bertz CT molecular complexity index is 604. The van der Waals surface area contributed by atoms with E-state index in [0.717, 1.165) is 11.1 Å². The van der Waals surface area contributed by atoms with Gasteiger partial charge in [-0.1, -0.05) is 30.3 Å². The second-order valence-electron chi connectivity index (χ2n) is 4.44. The molecular formula is C16H16N2O2. The number of phenols is 1. The zero-order chi connectivity index (χ0) is 14.4. The number of benzene rings is 2. The van der Waals surface area contributed by atoms with Gasteiger partial charge in [0.15, 0.2) is 0 Å². The van der Waals surface area contributed by atoms with Crippen LogP contribution in [0.5, 0.6) is 5.75 Å². The van der Waals surface area contributed by atoms with Crippen molar-refractivity contribution in [1.29, 1.82) is 0 Å². The van der Waals surface area contributed by atoms with E-state index in [4.69, 9.17) is 0 Å². The molecule has 0 fully saturated rings. The third kappa shape index (κ3) is 3.95. The van der Waals surface area contributed by atoms with E-state index in [1.54, 1.807) is 31.2 Å². The van der Waals surface area contributed by atoms with E-state index in [0.29, 0.717) is 12.1 Å². The van der Waals surface area contributed by atoms with Crippen molar-refractivity contribution in [2.24, 2.45) is 5.10 Å². The number of carbonyl (C=O) groups is 1. The van der Waals surface area contributed by atoms with Gasteiger partial charge < -0.3 is 5.11 Å². The number of rotatable bonds is 4. The first-order valence-electron chi connectivity index (χ1n) is 6.31. The predicted octanol–water partition coefficient (Wildman–Crippen LogP) is 2.48. The monoisotopic (exact) mass is 268 g/mol. The number of amides is 1. The molecule has 2 aromatic carbocycles. The Labute approximate surface area is 117 Å². The molecule has 0 spiro atoms. The number of carbonyl (C=O) groups excluding carboxylic acids is 1. The van der Waals surface area contributed by atoms with Crippen molar-refractivity contribution in [3.05, 3.63) is 65.7 Å². The van der Waals surface area contributed by atoms with Gasteiger partial charge in [0.25, 0.3) is 0 Å². The minimum atomic E-state index is -0.158. The molecule has 0 unspecified atom stereocenters. The third-order valence-electron chi connectivity index (χ3n) is 2.84. The summed E-state index contributed by atoms with van der Waals surface area (Å²) in [7, 11) is 0. The van der Waals surface area contributed by atoms with Crippen molar-refractivity contribution in [3.8, 4) is 5.75 Å². The van der Waals surface area contributed by atoms with Crippen molar-refractivity contribution in [1.82, 2.24) is 5.43 Å². The molecule has 0 saturated carbocycles. The Morgan fingerprint density at radius 2 is 1.75 bits per heavy atom. The lowest BCUT2D eigenvalue weighted by atomic mass is 10.1. The molecule has 2 rings (SSSR count). The van der Waals surface area contributed by atoms with Crippen molar-refractivity contribution >= 4 is 11.6 Å². The summed E-state index contributed by atoms with van der Waals surface area (Å²) in [6.45, 7) is 1.80. The average Bonchev–Trinajstić information content (AvgIpc) is 2.46. The summed E-state index contributed by atoms with van der Waals surface area (Å²) in [6.07, 6.45) is 0.299. The summed E-state index contributed by atoms with van der Waals surface area (Å²) < 4.78 is 0. The summed E-state index contributed by atoms with van der Waals surface area (Å²) in [5.41, 5.74) is 5.01. The molecule has 20 heavy (non-hydrogen) atoms. The van der Waals surface area contributed by atoms with Crippen LogP contribution < -0.4 is 5.43 Å². The maximum absolute atomic E-state index is 11.7. The van der Waals surface area contributed by atoms with Crippen LogP contribution in [0.4, 0.5) is 0 Å². The smallest absolute Gasteiger partial charge is 0.244 e. The number of hydrogen-bond acceptors (Lipinski definition) is 3. The summed E-state index contributed by atoms with van der Waals surface area (Å²) in [6, 6.07) is 16.2. The molecule has 0 aliphatic heterocycles. The Hall–Kier alpha value is -2.62. The van der Waals surface area contributed by atoms with Gasteiger partial charge >= 0.3 is 0 Å². The fraction of sp³-hybridized carbons (Fsp3) is 0.125. The molecule has 0 aliphatic carbocycles. The minimum Gasteiger partial charge on any atom is -0.508 e. The lowest BCUT2D eigenvalue weighted by molar-refractivity contribution is -0.120. The quantitative estimate of drug-likeness (QED) is 0.661. The fourth-order valence-corrected chi connectivity index (χ4v) is 1.73. The highest BCUT2D eigenvalue weighted by molar-refractivity contribution is 5.99. The maximum atomic E-state index is 11.7. The predicted molar refractivity (Wildman–Crippen MR) is 78.6 cm³/mol. The second-order valence-corrected chi connectivity index (χ2v) is 4.44. The first kappa shape index (κ1) is 13.8. The molecule has 0 saturated heterocycles. The van der Waals surface area contributed by atoms with Crippen LogP contribution in [-0.2, 0) is 11.2 Å². The average molecular weight is 268 g/mol. The molecule has 4 heteroatoms. The highest BCUT2D eigenvalue weighted by atomic mass is 16.3. The van der Waals surface area contributed by atoms with Crippen molar-refractivity contribution in [3.63, 3.8) is 0 Å². The van der Waals surface area contributed by atoms with E-state index in [1.165, 1.54) is 0 Å². The van der Waals surface area contributed by atoms with Gasteiger partial charge in [0.05, 0.1) is 12.1 Å². The van der Waals surface area contributed by atoms with Gasteiger partial charge in [-0.05, 0) is 42.3 Å². The Kier molecular flexibility index (Phi) is 4.50.